The maximum Gasteiger partial charge on any atom is 0.416 e. The van der Waals surface area contributed by atoms with Gasteiger partial charge in [0.2, 0.25) is 0 Å². The quantitative estimate of drug-likeness (QED) is 0.330. The van der Waals surface area contributed by atoms with E-state index in [9.17, 15) is 4.79 Å². The lowest BCUT2D eigenvalue weighted by Gasteiger charge is -2.35. The van der Waals surface area contributed by atoms with Crippen LogP contribution in [0.5, 0.6) is 11.5 Å². The molecule has 8 heteroatoms. The molecule has 4 aromatic rings. The third kappa shape index (κ3) is 5.33. The third-order valence-electron chi connectivity index (χ3n) is 6.29. The molecule has 7 nitrogen and oxygen atoms in total. The fourth-order valence-electron chi connectivity index (χ4n) is 4.60. The van der Waals surface area contributed by atoms with Gasteiger partial charge in [0, 0.05) is 34.8 Å². The van der Waals surface area contributed by atoms with Crippen molar-refractivity contribution in [3.8, 4) is 11.5 Å². The van der Waals surface area contributed by atoms with Gasteiger partial charge in [0.25, 0.3) is 0 Å². The number of carbonyl (C=O) groups excluding carboxylic acids is 1. The molecule has 4 N–H and O–H groups in total. The molecule has 36 heavy (non-hydrogen) atoms. The van der Waals surface area contributed by atoms with Gasteiger partial charge in [-0.15, -0.1) is 0 Å². The summed E-state index contributed by atoms with van der Waals surface area (Å²) >= 11 is 6.29. The van der Waals surface area contributed by atoms with E-state index in [2.05, 4.69) is 4.98 Å². The predicted octanol–water partition coefficient (Wildman–Crippen LogP) is 5.29. The summed E-state index contributed by atoms with van der Waals surface area (Å²) in [6.07, 6.45) is 1.81. The summed E-state index contributed by atoms with van der Waals surface area (Å²) in [6.45, 7) is 1.23. The van der Waals surface area contributed by atoms with Crippen LogP contribution in [0.4, 0.5) is 4.79 Å². The fraction of sp³-hybridized carbons (Fsp3) is 0.250. The summed E-state index contributed by atoms with van der Waals surface area (Å²) in [5, 5.41) is 10.7. The Morgan fingerprint density at radius 2 is 1.81 bits per heavy atom. The van der Waals surface area contributed by atoms with Crippen molar-refractivity contribution in [3.05, 3.63) is 94.6 Å². The second-order valence-corrected chi connectivity index (χ2v) is 9.02. The van der Waals surface area contributed by atoms with Crippen LogP contribution in [0.1, 0.15) is 35.7 Å². The van der Waals surface area contributed by atoms with Crippen molar-refractivity contribution in [2.75, 3.05) is 19.8 Å². The molecule has 0 spiro atoms. The number of para-hydroxylation sites is 1. The van der Waals surface area contributed by atoms with E-state index in [-0.39, 0.29) is 18.1 Å². The normalized spacial score (nSPS) is 14.7. The number of aromatic amines is 1. The maximum absolute atomic E-state index is 13.3. The van der Waals surface area contributed by atoms with E-state index >= 15 is 0 Å². The van der Waals surface area contributed by atoms with Gasteiger partial charge in [0.15, 0.2) is 0 Å². The molecule has 1 aromatic heterocycles. The summed E-state index contributed by atoms with van der Waals surface area (Å²) < 4.78 is 11.5. The molecule has 1 aliphatic rings. The number of hydrogen-bond donors (Lipinski definition) is 2. The number of nitrogens with one attached hydrogen (secondary N) is 1. The minimum absolute atomic E-state index is 0. The first-order chi connectivity index (χ1) is 17.1. The highest BCUT2D eigenvalue weighted by Crippen LogP contribution is 2.40. The van der Waals surface area contributed by atoms with E-state index in [0.717, 1.165) is 34.3 Å². The lowest BCUT2D eigenvalue weighted by atomic mass is 9.92. The van der Waals surface area contributed by atoms with Crippen molar-refractivity contribution in [1.82, 2.24) is 9.88 Å². The summed E-state index contributed by atoms with van der Waals surface area (Å²) in [6, 6.07) is 22.4. The zero-order chi connectivity index (χ0) is 24.2. The van der Waals surface area contributed by atoms with E-state index < -0.39 is 6.09 Å². The number of aliphatic hydroxyl groups is 1. The molecule has 188 valence electrons. The number of halogens is 1. The maximum atomic E-state index is 13.3. The lowest BCUT2D eigenvalue weighted by Crippen LogP contribution is -2.42. The molecule has 0 radical (unpaired) electrons. The van der Waals surface area contributed by atoms with Crippen molar-refractivity contribution in [3.63, 3.8) is 0 Å². The van der Waals surface area contributed by atoms with Crippen LogP contribution in [0, 0.1) is 0 Å². The molecule has 1 aliphatic heterocycles. The van der Waals surface area contributed by atoms with Crippen LogP contribution in [0.3, 0.4) is 0 Å². The Kier molecular flexibility index (Phi) is 8.15. The van der Waals surface area contributed by atoms with E-state index in [1.807, 2.05) is 60.7 Å². The van der Waals surface area contributed by atoms with Crippen molar-refractivity contribution in [2.45, 2.75) is 25.3 Å². The number of fused-ring (bicyclic) bond motifs is 3. The Morgan fingerprint density at radius 3 is 2.56 bits per heavy atom. The first-order valence-corrected chi connectivity index (χ1v) is 12.2. The number of hydrogen-bond acceptors (Lipinski definition) is 4. The largest absolute Gasteiger partial charge is 0.494 e. The summed E-state index contributed by atoms with van der Waals surface area (Å²) in [5.41, 5.74) is 4.08. The minimum Gasteiger partial charge on any atom is -0.494 e. The molecule has 3 aromatic carbocycles. The van der Waals surface area contributed by atoms with Gasteiger partial charge in [-0.1, -0.05) is 41.9 Å². The van der Waals surface area contributed by atoms with Crippen LogP contribution in [0.2, 0.25) is 5.02 Å². The highest BCUT2D eigenvalue weighted by atomic mass is 35.5. The van der Waals surface area contributed by atoms with Gasteiger partial charge >= 0.3 is 6.09 Å². The molecule has 0 saturated carbocycles. The van der Waals surface area contributed by atoms with Gasteiger partial charge < -0.3 is 25.0 Å². The second-order valence-electron chi connectivity index (χ2n) is 8.58. The number of amides is 1. The zero-order valence-electron chi connectivity index (χ0n) is 19.7. The van der Waals surface area contributed by atoms with Crippen LogP contribution < -0.4 is 9.47 Å². The Bertz CT molecular complexity index is 1310. The van der Waals surface area contributed by atoms with Crippen LogP contribution in [0.25, 0.3) is 10.9 Å². The third-order valence-corrected chi connectivity index (χ3v) is 6.52. The number of ether oxygens (including phenoxy) is 2. The Balaban J connectivity index is 0.00000304. The van der Waals surface area contributed by atoms with Crippen LogP contribution in [-0.4, -0.2) is 46.3 Å². The lowest BCUT2D eigenvalue weighted by molar-refractivity contribution is 0.135. The number of aliphatic hydroxyl groups excluding tert-OH is 1. The molecular weight excluding hydrogens is 480 g/mol. The SMILES string of the molecule is O.O=C(Oc1ccccc1)N1CCc2c([nH]c3ccc(Cl)cc23)[C@@H]1c1ccc(OCCCCO)cc1. The molecule has 1 atom stereocenters. The Labute approximate surface area is 214 Å². The molecule has 5 rings (SSSR count). The molecule has 0 fully saturated rings. The molecule has 2 heterocycles. The van der Waals surface area contributed by atoms with E-state index in [4.69, 9.17) is 26.2 Å². The predicted molar refractivity (Wildman–Crippen MR) is 140 cm³/mol. The van der Waals surface area contributed by atoms with E-state index in [1.165, 1.54) is 5.56 Å². The first kappa shape index (κ1) is 25.6. The standard InChI is InChI=1S/C28H27ClN2O4.H2O/c29-20-10-13-25-24(18-20)23-14-15-31(28(33)35-22-6-2-1-3-7-22)27(26(23)30-25)19-8-11-21(12-9-19)34-17-5-4-16-32;/h1-3,6-13,18,27,30,32H,4-5,14-17H2;1H2/t27-;/m0./s1. The van der Waals surface area contributed by atoms with Crippen LogP contribution >= 0.6 is 11.6 Å². The highest BCUT2D eigenvalue weighted by Gasteiger charge is 2.35. The number of aromatic nitrogens is 1. The summed E-state index contributed by atoms with van der Waals surface area (Å²) in [4.78, 5) is 18.6. The minimum atomic E-state index is -0.395. The Morgan fingerprint density at radius 1 is 1.03 bits per heavy atom. The molecule has 1 amide bonds. The fourth-order valence-corrected chi connectivity index (χ4v) is 4.77. The summed E-state index contributed by atoms with van der Waals surface area (Å²) in [7, 11) is 0. The van der Waals surface area contributed by atoms with E-state index in [1.54, 1.807) is 17.0 Å². The number of nitrogens with zero attached hydrogens (tertiary/aromatic N) is 1. The van der Waals surface area contributed by atoms with Crippen LogP contribution in [-0.2, 0) is 6.42 Å². The van der Waals surface area contributed by atoms with Crippen molar-refractivity contribution < 1.29 is 24.9 Å². The Hall–Kier alpha value is -3.52. The van der Waals surface area contributed by atoms with Gasteiger partial charge in [-0.05, 0) is 72.9 Å². The molecule has 0 aliphatic carbocycles. The first-order valence-electron chi connectivity index (χ1n) is 11.8. The zero-order valence-corrected chi connectivity index (χ0v) is 20.5. The number of carbonyl (C=O) groups is 1. The topological polar surface area (TPSA) is 106 Å². The van der Waals surface area contributed by atoms with Gasteiger partial charge in [-0.3, -0.25) is 4.90 Å². The van der Waals surface area contributed by atoms with Gasteiger partial charge in [-0.2, -0.15) is 0 Å². The van der Waals surface area contributed by atoms with Crippen molar-refractivity contribution in [1.29, 1.82) is 0 Å². The monoisotopic (exact) mass is 508 g/mol. The van der Waals surface area contributed by atoms with Crippen molar-refractivity contribution >= 4 is 28.6 Å². The second kappa shape index (κ2) is 11.5. The average molecular weight is 509 g/mol. The number of rotatable bonds is 7. The van der Waals surface area contributed by atoms with Crippen molar-refractivity contribution in [2.24, 2.45) is 0 Å². The smallest absolute Gasteiger partial charge is 0.416 e. The molecular formula is C28H29ClN2O5. The molecule has 0 unspecified atom stereocenters. The van der Waals surface area contributed by atoms with E-state index in [0.29, 0.717) is 36.8 Å². The van der Waals surface area contributed by atoms with Gasteiger partial charge in [0.05, 0.1) is 6.61 Å². The number of benzene rings is 3. The average Bonchev–Trinajstić information content (AvgIpc) is 3.25. The van der Waals surface area contributed by atoms with Gasteiger partial charge in [0.1, 0.15) is 17.5 Å². The highest BCUT2D eigenvalue weighted by molar-refractivity contribution is 6.31. The van der Waals surface area contributed by atoms with Crippen LogP contribution in [0.15, 0.2) is 72.8 Å². The molecule has 0 bridgehead atoms. The van der Waals surface area contributed by atoms with Gasteiger partial charge in [-0.25, -0.2) is 4.79 Å². The number of unbranched alkanes of at least 4 members (excludes halogenated alkanes) is 1. The number of H-pyrrole nitrogens is 1. The molecule has 0 saturated heterocycles. The summed E-state index contributed by atoms with van der Waals surface area (Å²) in [5.74, 6) is 1.27.